The van der Waals surface area contributed by atoms with E-state index in [0.29, 0.717) is 0 Å². The third-order valence-electron chi connectivity index (χ3n) is 3.91. The number of rotatable bonds is 6. The summed E-state index contributed by atoms with van der Waals surface area (Å²) in [7, 11) is 0. The van der Waals surface area contributed by atoms with Crippen LogP contribution >= 0.6 is 22.6 Å². The highest BCUT2D eigenvalue weighted by Gasteiger charge is 2.08. The number of benzene rings is 1. The lowest BCUT2D eigenvalue weighted by atomic mass is 10.2. The molecule has 0 amide bonds. The maximum Gasteiger partial charge on any atom is 0.132 e. The molecule has 0 N–H and O–H groups in total. The van der Waals surface area contributed by atoms with E-state index in [0.717, 1.165) is 18.8 Å². The van der Waals surface area contributed by atoms with Crippen molar-refractivity contribution in [2.24, 2.45) is 0 Å². The van der Waals surface area contributed by atoms with E-state index in [1.165, 1.54) is 60.9 Å². The molecule has 0 unspecified atom stereocenters. The molecule has 1 aromatic carbocycles. The standard InChI is InChI=1S/C17H26INO/c1-15-8-9-17(16(18)14-15)20-13-7-6-12-19-10-4-2-3-5-11-19/h8-9,14H,2-7,10-13H2,1H3. The van der Waals surface area contributed by atoms with Gasteiger partial charge in [0.2, 0.25) is 0 Å². The first kappa shape index (κ1) is 16.1. The Bertz CT molecular complexity index is 400. The van der Waals surface area contributed by atoms with Crippen molar-refractivity contribution in [1.29, 1.82) is 0 Å². The predicted octanol–water partition coefficient (Wildman–Crippen LogP) is 4.63. The van der Waals surface area contributed by atoms with Crippen LogP contribution in [0.25, 0.3) is 0 Å². The fraction of sp³-hybridized carbons (Fsp3) is 0.647. The largest absolute Gasteiger partial charge is 0.492 e. The number of halogens is 1. The molecule has 112 valence electrons. The van der Waals surface area contributed by atoms with Gasteiger partial charge in [-0.1, -0.05) is 18.9 Å². The normalized spacial score (nSPS) is 16.9. The summed E-state index contributed by atoms with van der Waals surface area (Å²) >= 11 is 2.35. The Labute approximate surface area is 137 Å². The molecule has 1 heterocycles. The lowest BCUT2D eigenvalue weighted by molar-refractivity contribution is 0.255. The Morgan fingerprint density at radius 2 is 1.85 bits per heavy atom. The first-order valence-electron chi connectivity index (χ1n) is 7.87. The van der Waals surface area contributed by atoms with Crippen molar-refractivity contribution >= 4 is 22.6 Å². The van der Waals surface area contributed by atoms with Gasteiger partial charge in [0.1, 0.15) is 5.75 Å². The van der Waals surface area contributed by atoms with Gasteiger partial charge in [0.05, 0.1) is 10.2 Å². The fourth-order valence-corrected chi connectivity index (χ4v) is 3.53. The van der Waals surface area contributed by atoms with Crippen molar-refractivity contribution in [2.45, 2.75) is 45.4 Å². The van der Waals surface area contributed by atoms with Gasteiger partial charge in [0.25, 0.3) is 0 Å². The van der Waals surface area contributed by atoms with Crippen LogP contribution in [0.2, 0.25) is 0 Å². The Balaban J connectivity index is 1.61. The number of hydrogen-bond donors (Lipinski definition) is 0. The summed E-state index contributed by atoms with van der Waals surface area (Å²) in [5.74, 6) is 1.03. The zero-order chi connectivity index (χ0) is 14.2. The summed E-state index contributed by atoms with van der Waals surface area (Å²) in [6, 6.07) is 6.38. The maximum absolute atomic E-state index is 5.88. The van der Waals surface area contributed by atoms with E-state index < -0.39 is 0 Å². The average molecular weight is 387 g/mol. The molecule has 2 rings (SSSR count). The highest BCUT2D eigenvalue weighted by atomic mass is 127. The SMILES string of the molecule is Cc1ccc(OCCCCN2CCCCCC2)c(I)c1. The van der Waals surface area contributed by atoms with Gasteiger partial charge in [-0.15, -0.1) is 0 Å². The molecule has 0 spiro atoms. The summed E-state index contributed by atoms with van der Waals surface area (Å²) in [6.45, 7) is 6.81. The molecule has 20 heavy (non-hydrogen) atoms. The number of likely N-dealkylation sites (tertiary alicyclic amines) is 1. The highest BCUT2D eigenvalue weighted by Crippen LogP contribution is 2.22. The Kier molecular flexibility index (Phi) is 7.14. The van der Waals surface area contributed by atoms with Crippen molar-refractivity contribution in [3.63, 3.8) is 0 Å². The molecule has 0 aromatic heterocycles. The van der Waals surface area contributed by atoms with Crippen LogP contribution in [0.15, 0.2) is 18.2 Å². The van der Waals surface area contributed by atoms with Gasteiger partial charge < -0.3 is 9.64 Å². The van der Waals surface area contributed by atoms with Crippen molar-refractivity contribution in [2.75, 3.05) is 26.2 Å². The first-order valence-corrected chi connectivity index (χ1v) is 8.95. The molecule has 1 saturated heterocycles. The molecule has 1 aliphatic heterocycles. The second-order valence-electron chi connectivity index (χ2n) is 5.75. The molecular formula is C17H26INO. The van der Waals surface area contributed by atoms with E-state index in [2.05, 4.69) is 52.6 Å². The van der Waals surface area contributed by atoms with Crippen LogP contribution in [0.1, 0.15) is 44.1 Å². The Hall–Kier alpha value is -0.290. The molecule has 0 bridgehead atoms. The molecule has 0 saturated carbocycles. The van der Waals surface area contributed by atoms with E-state index in [9.17, 15) is 0 Å². The van der Waals surface area contributed by atoms with Crippen molar-refractivity contribution in [3.05, 3.63) is 27.3 Å². The summed E-state index contributed by atoms with van der Waals surface area (Å²) < 4.78 is 7.10. The van der Waals surface area contributed by atoms with Crippen LogP contribution in [-0.4, -0.2) is 31.1 Å². The molecule has 0 atom stereocenters. The van der Waals surface area contributed by atoms with E-state index in [-0.39, 0.29) is 0 Å². The van der Waals surface area contributed by atoms with E-state index >= 15 is 0 Å². The topological polar surface area (TPSA) is 12.5 Å². The van der Waals surface area contributed by atoms with Crippen LogP contribution in [0.5, 0.6) is 5.75 Å². The van der Waals surface area contributed by atoms with Crippen LogP contribution in [0.4, 0.5) is 0 Å². The summed E-state index contributed by atoms with van der Waals surface area (Å²) in [5.41, 5.74) is 1.29. The van der Waals surface area contributed by atoms with Gasteiger partial charge in [0.15, 0.2) is 0 Å². The fourth-order valence-electron chi connectivity index (χ4n) is 2.70. The number of unbranched alkanes of at least 4 members (excludes halogenated alkanes) is 1. The molecule has 3 heteroatoms. The van der Waals surface area contributed by atoms with E-state index in [1.807, 2.05) is 0 Å². The molecule has 1 aliphatic rings. The monoisotopic (exact) mass is 387 g/mol. The first-order chi connectivity index (χ1) is 9.75. The average Bonchev–Trinajstić information content (AvgIpc) is 2.69. The van der Waals surface area contributed by atoms with Gasteiger partial charge in [0, 0.05) is 0 Å². The van der Waals surface area contributed by atoms with Gasteiger partial charge in [-0.2, -0.15) is 0 Å². The van der Waals surface area contributed by atoms with E-state index in [1.54, 1.807) is 0 Å². The third-order valence-corrected chi connectivity index (χ3v) is 4.76. The van der Waals surface area contributed by atoms with Gasteiger partial charge in [-0.05, 0) is 92.5 Å². The molecule has 1 aromatic rings. The van der Waals surface area contributed by atoms with Gasteiger partial charge >= 0.3 is 0 Å². The van der Waals surface area contributed by atoms with Crippen molar-refractivity contribution < 1.29 is 4.74 Å². The zero-order valence-electron chi connectivity index (χ0n) is 12.5. The summed E-state index contributed by atoms with van der Waals surface area (Å²) in [5, 5.41) is 0. The van der Waals surface area contributed by atoms with Gasteiger partial charge in [-0.25, -0.2) is 0 Å². The Morgan fingerprint density at radius 3 is 2.55 bits per heavy atom. The lowest BCUT2D eigenvalue weighted by Crippen LogP contribution is -2.25. The minimum absolute atomic E-state index is 0.840. The molecule has 0 radical (unpaired) electrons. The molecule has 0 aliphatic carbocycles. The van der Waals surface area contributed by atoms with Crippen LogP contribution < -0.4 is 4.74 Å². The number of hydrogen-bond acceptors (Lipinski definition) is 2. The highest BCUT2D eigenvalue weighted by molar-refractivity contribution is 14.1. The number of aryl methyl sites for hydroxylation is 1. The molecule has 2 nitrogen and oxygen atoms in total. The van der Waals surface area contributed by atoms with Crippen LogP contribution in [0.3, 0.4) is 0 Å². The van der Waals surface area contributed by atoms with Crippen molar-refractivity contribution in [3.8, 4) is 5.75 Å². The lowest BCUT2D eigenvalue weighted by Gasteiger charge is -2.19. The second-order valence-corrected chi connectivity index (χ2v) is 6.91. The third kappa shape index (κ3) is 5.60. The molecular weight excluding hydrogens is 361 g/mol. The second kappa shape index (κ2) is 8.88. The van der Waals surface area contributed by atoms with Crippen LogP contribution in [0, 0.1) is 10.5 Å². The minimum atomic E-state index is 0.840. The van der Waals surface area contributed by atoms with Crippen molar-refractivity contribution in [1.82, 2.24) is 4.90 Å². The van der Waals surface area contributed by atoms with Crippen LogP contribution in [-0.2, 0) is 0 Å². The zero-order valence-corrected chi connectivity index (χ0v) is 14.7. The van der Waals surface area contributed by atoms with Gasteiger partial charge in [-0.3, -0.25) is 0 Å². The summed E-state index contributed by atoms with van der Waals surface area (Å²) in [4.78, 5) is 2.63. The van der Waals surface area contributed by atoms with E-state index in [4.69, 9.17) is 4.74 Å². The number of nitrogens with zero attached hydrogens (tertiary/aromatic N) is 1. The summed E-state index contributed by atoms with van der Waals surface area (Å²) in [6.07, 6.45) is 8.02. The maximum atomic E-state index is 5.88. The smallest absolute Gasteiger partial charge is 0.132 e. The quantitative estimate of drug-likeness (QED) is 0.521. The molecule has 1 fully saturated rings. The number of ether oxygens (including phenoxy) is 1. The Morgan fingerprint density at radius 1 is 1.10 bits per heavy atom. The minimum Gasteiger partial charge on any atom is -0.492 e. The predicted molar refractivity (Wildman–Crippen MR) is 93.5 cm³/mol.